The predicted octanol–water partition coefficient (Wildman–Crippen LogP) is -2.40. The van der Waals surface area contributed by atoms with E-state index in [0.29, 0.717) is 158 Å². The fourth-order valence-corrected chi connectivity index (χ4v) is 3.39. The van der Waals surface area contributed by atoms with Crippen LogP contribution in [-0.2, 0) is 80.8 Å². The van der Waals surface area contributed by atoms with E-state index in [9.17, 15) is 19.2 Å². The number of hydrogen-bond donors (Lipinski definition) is 4. The molecule has 0 saturated carbocycles. The van der Waals surface area contributed by atoms with Crippen molar-refractivity contribution >= 4 is 23.8 Å². The number of ether oxygens (including phenoxy) is 13. The molecular formula is C32H60N2O19. The number of carboxylic acid groups (broad SMARTS) is 2. The van der Waals surface area contributed by atoms with Crippen molar-refractivity contribution in [3.8, 4) is 0 Å². The fraction of sp³-hybridized carbons (Fsp3) is 0.875. The lowest BCUT2D eigenvalue weighted by molar-refractivity contribution is -0.145. The maximum Gasteiger partial charge on any atom is 0.329 e. The Morgan fingerprint density at radius 2 is 0.472 bits per heavy atom. The van der Waals surface area contributed by atoms with Gasteiger partial charge in [0.15, 0.2) is 0 Å². The van der Waals surface area contributed by atoms with E-state index in [1.54, 1.807) is 0 Å². The molecule has 0 aromatic rings. The molecule has 0 aromatic heterocycles. The Labute approximate surface area is 310 Å². The smallest absolute Gasteiger partial charge is 0.329 e. The van der Waals surface area contributed by atoms with E-state index < -0.39 is 37.0 Å². The van der Waals surface area contributed by atoms with Gasteiger partial charge < -0.3 is 82.4 Å². The molecule has 0 radical (unpaired) electrons. The predicted molar refractivity (Wildman–Crippen MR) is 182 cm³/mol. The average Bonchev–Trinajstić information content (AvgIpc) is 3.12. The molecule has 0 unspecified atom stereocenters. The van der Waals surface area contributed by atoms with Gasteiger partial charge in [0, 0.05) is 13.1 Å². The minimum Gasteiger partial charge on any atom is -0.480 e. The number of nitrogens with one attached hydrogen (secondary N) is 2. The van der Waals surface area contributed by atoms with Gasteiger partial charge in [-0.25, -0.2) is 9.59 Å². The van der Waals surface area contributed by atoms with Crippen molar-refractivity contribution in [3.05, 3.63) is 0 Å². The molecule has 0 aliphatic heterocycles. The quantitative estimate of drug-likeness (QED) is 0.0471. The van der Waals surface area contributed by atoms with Crippen LogP contribution in [0.3, 0.4) is 0 Å². The Balaban J connectivity index is 3.13. The van der Waals surface area contributed by atoms with Crippen LogP contribution >= 0.6 is 0 Å². The SMILES string of the molecule is O=C(O)COCC(=O)NCCOCCOCCOCCOCCOCCOCCOCCOCCOCCOCCOCCNC(=O)COCC(=O)O. The first-order valence-electron chi connectivity index (χ1n) is 17.4. The highest BCUT2D eigenvalue weighted by Gasteiger charge is 2.04. The Bertz CT molecular complexity index is 792. The molecular weight excluding hydrogens is 716 g/mol. The van der Waals surface area contributed by atoms with Crippen LogP contribution in [0.4, 0.5) is 0 Å². The summed E-state index contributed by atoms with van der Waals surface area (Å²) in [6.45, 7) is 8.17. The van der Waals surface area contributed by atoms with Crippen LogP contribution in [0.1, 0.15) is 0 Å². The molecule has 0 saturated heterocycles. The van der Waals surface area contributed by atoms with Gasteiger partial charge in [0.05, 0.1) is 145 Å². The molecule has 53 heavy (non-hydrogen) atoms. The molecule has 0 rings (SSSR count). The highest BCUT2D eigenvalue weighted by Crippen LogP contribution is 1.87. The summed E-state index contributed by atoms with van der Waals surface area (Å²) in [5.41, 5.74) is 0. The zero-order chi connectivity index (χ0) is 38.7. The molecule has 0 fully saturated rings. The monoisotopic (exact) mass is 776 g/mol. The molecule has 0 heterocycles. The number of aliphatic carboxylic acids is 2. The van der Waals surface area contributed by atoms with Crippen molar-refractivity contribution < 1.29 is 91.0 Å². The maximum atomic E-state index is 11.4. The summed E-state index contributed by atoms with van der Waals surface area (Å²) in [6.07, 6.45) is 0. The molecule has 0 aliphatic rings. The second kappa shape index (κ2) is 42.1. The standard InChI is InChI=1S/C32H60N2O19/c35-29(25-52-27-31(37)38)33-1-3-41-5-7-43-9-11-45-13-15-47-17-19-49-21-23-51-24-22-50-20-18-48-16-14-46-12-10-44-8-6-42-4-2-34-30(36)26-53-28-32(39)40/h1-28H2,(H,33,35)(H,34,36)(H,37,38)(H,39,40). The Morgan fingerprint density at radius 1 is 0.283 bits per heavy atom. The molecule has 0 spiro atoms. The number of carboxylic acids is 2. The van der Waals surface area contributed by atoms with Crippen molar-refractivity contribution in [1.82, 2.24) is 10.6 Å². The van der Waals surface area contributed by atoms with Crippen molar-refractivity contribution in [3.63, 3.8) is 0 Å². The normalized spacial score (nSPS) is 11.2. The lowest BCUT2D eigenvalue weighted by Crippen LogP contribution is -2.31. The third-order valence-electron chi connectivity index (χ3n) is 5.77. The third kappa shape index (κ3) is 45.4. The highest BCUT2D eigenvalue weighted by molar-refractivity contribution is 5.78. The first-order valence-corrected chi connectivity index (χ1v) is 17.4. The lowest BCUT2D eigenvalue weighted by atomic mass is 10.6. The summed E-state index contributed by atoms with van der Waals surface area (Å²) in [4.78, 5) is 43.3. The molecule has 0 aromatic carbocycles. The van der Waals surface area contributed by atoms with E-state index in [1.165, 1.54) is 0 Å². The van der Waals surface area contributed by atoms with Gasteiger partial charge in [0.2, 0.25) is 11.8 Å². The molecule has 0 aliphatic carbocycles. The van der Waals surface area contributed by atoms with E-state index in [-0.39, 0.29) is 13.2 Å². The van der Waals surface area contributed by atoms with Gasteiger partial charge in [0.25, 0.3) is 0 Å². The van der Waals surface area contributed by atoms with Crippen LogP contribution in [0.2, 0.25) is 0 Å². The Morgan fingerprint density at radius 3 is 0.660 bits per heavy atom. The molecule has 2 amide bonds. The van der Waals surface area contributed by atoms with Crippen LogP contribution in [-0.4, -0.2) is 219 Å². The maximum absolute atomic E-state index is 11.4. The van der Waals surface area contributed by atoms with Crippen molar-refractivity contribution in [2.45, 2.75) is 0 Å². The fourth-order valence-electron chi connectivity index (χ4n) is 3.39. The first kappa shape index (κ1) is 50.4. The van der Waals surface area contributed by atoms with Crippen molar-refractivity contribution in [1.29, 1.82) is 0 Å². The summed E-state index contributed by atoms with van der Waals surface area (Å²) in [7, 11) is 0. The van der Waals surface area contributed by atoms with Gasteiger partial charge in [-0.1, -0.05) is 0 Å². The van der Waals surface area contributed by atoms with E-state index in [2.05, 4.69) is 20.1 Å². The number of carbonyl (C=O) groups is 4. The van der Waals surface area contributed by atoms with E-state index in [0.717, 1.165) is 0 Å². The van der Waals surface area contributed by atoms with Crippen molar-refractivity contribution in [2.75, 3.05) is 185 Å². The highest BCUT2D eigenvalue weighted by atomic mass is 16.6. The molecule has 312 valence electrons. The Kier molecular flexibility index (Phi) is 40.0. The van der Waals surface area contributed by atoms with Gasteiger partial charge in [-0.3, -0.25) is 9.59 Å². The van der Waals surface area contributed by atoms with E-state index in [1.807, 2.05) is 0 Å². The van der Waals surface area contributed by atoms with E-state index in [4.69, 9.17) is 62.3 Å². The molecule has 0 atom stereocenters. The Hall–Kier alpha value is -2.64. The van der Waals surface area contributed by atoms with Crippen LogP contribution in [0.25, 0.3) is 0 Å². The summed E-state index contributed by atoms with van der Waals surface area (Å²) in [5, 5.41) is 21.9. The third-order valence-corrected chi connectivity index (χ3v) is 5.77. The number of carbonyl (C=O) groups excluding carboxylic acids is 2. The van der Waals surface area contributed by atoms with Gasteiger partial charge in [-0.2, -0.15) is 0 Å². The summed E-state index contributed by atoms with van der Waals surface area (Å²) in [5.74, 6) is -3.07. The summed E-state index contributed by atoms with van der Waals surface area (Å²) < 4.78 is 68.8. The first-order chi connectivity index (χ1) is 25.9. The van der Waals surface area contributed by atoms with Crippen molar-refractivity contribution in [2.24, 2.45) is 0 Å². The van der Waals surface area contributed by atoms with Gasteiger partial charge >= 0.3 is 11.9 Å². The van der Waals surface area contributed by atoms with Gasteiger partial charge in [0.1, 0.15) is 26.4 Å². The second-order valence-corrected chi connectivity index (χ2v) is 10.2. The summed E-state index contributed by atoms with van der Waals surface area (Å²) in [6, 6.07) is 0. The molecule has 4 N–H and O–H groups in total. The largest absolute Gasteiger partial charge is 0.480 e. The van der Waals surface area contributed by atoms with Crippen LogP contribution in [0.15, 0.2) is 0 Å². The van der Waals surface area contributed by atoms with Crippen LogP contribution in [0, 0.1) is 0 Å². The molecule has 0 bridgehead atoms. The van der Waals surface area contributed by atoms with Gasteiger partial charge in [-0.15, -0.1) is 0 Å². The summed E-state index contributed by atoms with van der Waals surface area (Å²) >= 11 is 0. The van der Waals surface area contributed by atoms with E-state index >= 15 is 0 Å². The lowest BCUT2D eigenvalue weighted by Gasteiger charge is -2.09. The minimum atomic E-state index is -1.13. The van der Waals surface area contributed by atoms with Crippen LogP contribution < -0.4 is 10.6 Å². The topological polar surface area (TPSA) is 253 Å². The van der Waals surface area contributed by atoms with Crippen LogP contribution in [0.5, 0.6) is 0 Å². The van der Waals surface area contributed by atoms with Gasteiger partial charge in [-0.05, 0) is 0 Å². The molecule has 21 nitrogen and oxygen atoms in total. The number of rotatable bonds is 44. The number of hydrogen-bond acceptors (Lipinski definition) is 17. The average molecular weight is 777 g/mol. The minimum absolute atomic E-state index is 0.290. The zero-order valence-corrected chi connectivity index (χ0v) is 30.6. The molecule has 21 heteroatoms. The number of amides is 2. The second-order valence-electron chi connectivity index (χ2n) is 10.2. The zero-order valence-electron chi connectivity index (χ0n) is 30.6.